The first-order chi connectivity index (χ1) is 9.37. The molecule has 1 aromatic rings. The van der Waals surface area contributed by atoms with Crippen LogP contribution in [0.15, 0.2) is 18.2 Å². The molecule has 2 rings (SSSR count). The molecule has 1 heterocycles. The summed E-state index contributed by atoms with van der Waals surface area (Å²) < 4.78 is 40.4. The van der Waals surface area contributed by atoms with Crippen molar-refractivity contribution in [3.05, 3.63) is 28.8 Å². The minimum atomic E-state index is -4.73. The van der Waals surface area contributed by atoms with Crippen LogP contribution >= 0.6 is 24.0 Å². The number of halogens is 5. The molecule has 21 heavy (non-hydrogen) atoms. The van der Waals surface area contributed by atoms with Crippen molar-refractivity contribution in [3.8, 4) is 5.75 Å². The molecule has 0 aromatic heterocycles. The maximum Gasteiger partial charge on any atom is 0.573 e. The molecular formula is C13H17Cl2F3N2O. The summed E-state index contributed by atoms with van der Waals surface area (Å²) in [5.74, 6) is -0.365. The van der Waals surface area contributed by atoms with Gasteiger partial charge in [0.1, 0.15) is 5.75 Å². The van der Waals surface area contributed by atoms with Crippen LogP contribution in [0.3, 0.4) is 0 Å². The van der Waals surface area contributed by atoms with Gasteiger partial charge in [-0.05, 0) is 24.6 Å². The lowest BCUT2D eigenvalue weighted by molar-refractivity contribution is -0.274. The number of rotatable bonds is 3. The average Bonchev–Trinajstić information content (AvgIpc) is 2.40. The highest BCUT2D eigenvalue weighted by molar-refractivity contribution is 6.32. The quantitative estimate of drug-likeness (QED) is 0.906. The number of benzene rings is 1. The second-order valence-electron chi connectivity index (χ2n) is 4.70. The molecule has 0 bridgehead atoms. The lowest BCUT2D eigenvalue weighted by Gasteiger charge is -2.33. The summed E-state index contributed by atoms with van der Waals surface area (Å²) in [4.78, 5) is 2.26. The highest BCUT2D eigenvalue weighted by Crippen LogP contribution is 2.33. The van der Waals surface area contributed by atoms with Crippen LogP contribution in [0.1, 0.15) is 18.5 Å². The Labute approximate surface area is 132 Å². The minimum Gasteiger partial charge on any atom is -0.404 e. The topological polar surface area (TPSA) is 24.5 Å². The van der Waals surface area contributed by atoms with Gasteiger partial charge in [-0.3, -0.25) is 4.90 Å². The summed E-state index contributed by atoms with van der Waals surface area (Å²) in [6, 6.07) is 4.54. The maximum atomic E-state index is 12.2. The van der Waals surface area contributed by atoms with E-state index >= 15 is 0 Å². The van der Waals surface area contributed by atoms with Gasteiger partial charge in [0, 0.05) is 32.2 Å². The van der Waals surface area contributed by atoms with E-state index in [1.807, 2.05) is 6.92 Å². The summed E-state index contributed by atoms with van der Waals surface area (Å²) in [5.41, 5.74) is 0.881. The lowest BCUT2D eigenvalue weighted by Crippen LogP contribution is -2.44. The van der Waals surface area contributed by atoms with Crippen LogP contribution in [-0.2, 0) is 0 Å². The summed E-state index contributed by atoms with van der Waals surface area (Å²) in [6.45, 7) is 5.64. The highest BCUT2D eigenvalue weighted by Gasteiger charge is 2.32. The lowest BCUT2D eigenvalue weighted by atomic mass is 10.1. The monoisotopic (exact) mass is 344 g/mol. The molecule has 1 atom stereocenters. The first-order valence-corrected chi connectivity index (χ1v) is 6.74. The van der Waals surface area contributed by atoms with Crippen molar-refractivity contribution in [2.75, 3.05) is 26.2 Å². The molecule has 0 amide bonds. The van der Waals surface area contributed by atoms with Gasteiger partial charge in [-0.25, -0.2) is 0 Å². The first kappa shape index (κ1) is 18.4. The van der Waals surface area contributed by atoms with Gasteiger partial charge in [0.15, 0.2) is 0 Å². The Morgan fingerprint density at radius 3 is 2.43 bits per heavy atom. The van der Waals surface area contributed by atoms with Crippen LogP contribution < -0.4 is 10.1 Å². The fourth-order valence-corrected chi connectivity index (χ4v) is 2.49. The van der Waals surface area contributed by atoms with Crippen molar-refractivity contribution in [2.24, 2.45) is 0 Å². The van der Waals surface area contributed by atoms with E-state index in [0.29, 0.717) is 0 Å². The smallest absolute Gasteiger partial charge is 0.404 e. The number of piperazine rings is 1. The molecule has 0 unspecified atom stereocenters. The Morgan fingerprint density at radius 2 is 1.90 bits per heavy atom. The molecule has 0 saturated carbocycles. The van der Waals surface area contributed by atoms with Crippen molar-refractivity contribution in [1.29, 1.82) is 0 Å². The van der Waals surface area contributed by atoms with Crippen LogP contribution in [0.2, 0.25) is 5.02 Å². The highest BCUT2D eigenvalue weighted by atomic mass is 35.5. The average molecular weight is 345 g/mol. The molecule has 1 saturated heterocycles. The van der Waals surface area contributed by atoms with Crippen molar-refractivity contribution in [1.82, 2.24) is 10.2 Å². The Bertz CT molecular complexity index is 465. The van der Waals surface area contributed by atoms with Gasteiger partial charge < -0.3 is 10.1 Å². The molecule has 0 aliphatic carbocycles. The molecule has 1 fully saturated rings. The van der Waals surface area contributed by atoms with Gasteiger partial charge in [0.05, 0.1) is 5.02 Å². The Morgan fingerprint density at radius 1 is 1.29 bits per heavy atom. The molecule has 3 nitrogen and oxygen atoms in total. The fraction of sp³-hybridized carbons (Fsp3) is 0.538. The molecule has 1 aliphatic heterocycles. The van der Waals surface area contributed by atoms with Crippen LogP contribution in [-0.4, -0.2) is 37.4 Å². The number of ether oxygens (including phenoxy) is 1. The van der Waals surface area contributed by atoms with Crippen molar-refractivity contribution >= 4 is 24.0 Å². The van der Waals surface area contributed by atoms with E-state index in [9.17, 15) is 13.2 Å². The van der Waals surface area contributed by atoms with E-state index in [0.717, 1.165) is 31.7 Å². The zero-order valence-electron chi connectivity index (χ0n) is 11.4. The van der Waals surface area contributed by atoms with E-state index in [2.05, 4.69) is 15.0 Å². The van der Waals surface area contributed by atoms with Gasteiger partial charge in [-0.1, -0.05) is 17.7 Å². The van der Waals surface area contributed by atoms with E-state index < -0.39 is 6.36 Å². The Balaban J connectivity index is 0.00000220. The summed E-state index contributed by atoms with van der Waals surface area (Å²) in [7, 11) is 0. The molecule has 0 spiro atoms. The second-order valence-corrected chi connectivity index (χ2v) is 5.11. The van der Waals surface area contributed by atoms with E-state index in [1.54, 1.807) is 6.07 Å². The molecule has 1 aromatic carbocycles. The number of hydrogen-bond acceptors (Lipinski definition) is 3. The third-order valence-corrected chi connectivity index (χ3v) is 3.66. The molecule has 8 heteroatoms. The molecule has 1 aliphatic rings. The normalized spacial score (nSPS) is 18.0. The first-order valence-electron chi connectivity index (χ1n) is 6.37. The number of alkyl halides is 3. The van der Waals surface area contributed by atoms with Crippen molar-refractivity contribution in [3.63, 3.8) is 0 Å². The van der Waals surface area contributed by atoms with E-state index in [-0.39, 0.29) is 29.2 Å². The standard InChI is InChI=1S/C13H16ClF3N2O.ClH/c1-9(19-6-4-18-5-7-19)10-2-3-12(11(14)8-10)20-13(15,16)17;/h2-3,8-9,18H,4-7H2,1H3;1H/t9-;/m1./s1. The number of nitrogens with zero attached hydrogens (tertiary/aromatic N) is 1. The Hall–Kier alpha value is -0.690. The number of hydrogen-bond donors (Lipinski definition) is 1. The Kier molecular flexibility index (Phi) is 6.59. The van der Waals surface area contributed by atoms with E-state index in [1.165, 1.54) is 12.1 Å². The molecule has 0 radical (unpaired) electrons. The third kappa shape index (κ3) is 5.21. The van der Waals surface area contributed by atoms with Crippen molar-refractivity contribution in [2.45, 2.75) is 19.3 Å². The summed E-state index contributed by atoms with van der Waals surface area (Å²) in [5, 5.41) is 3.23. The van der Waals surface area contributed by atoms with Gasteiger partial charge in [0.25, 0.3) is 0 Å². The zero-order valence-corrected chi connectivity index (χ0v) is 13.0. The predicted octanol–water partition coefficient (Wildman–Crippen LogP) is 3.63. The number of nitrogens with one attached hydrogen (secondary N) is 1. The zero-order chi connectivity index (χ0) is 14.8. The summed E-state index contributed by atoms with van der Waals surface area (Å²) >= 11 is 5.86. The molecule has 120 valence electrons. The van der Waals surface area contributed by atoms with Crippen LogP contribution in [0, 0.1) is 0 Å². The fourth-order valence-electron chi connectivity index (χ4n) is 2.26. The van der Waals surface area contributed by atoms with Gasteiger partial charge in [-0.2, -0.15) is 0 Å². The summed E-state index contributed by atoms with van der Waals surface area (Å²) in [6.07, 6.45) is -4.73. The van der Waals surface area contributed by atoms with Crippen LogP contribution in [0.25, 0.3) is 0 Å². The third-order valence-electron chi connectivity index (χ3n) is 3.36. The largest absolute Gasteiger partial charge is 0.573 e. The predicted molar refractivity (Wildman–Crippen MR) is 78.2 cm³/mol. The minimum absolute atomic E-state index is 0. The van der Waals surface area contributed by atoms with Crippen molar-refractivity contribution < 1.29 is 17.9 Å². The van der Waals surface area contributed by atoms with Gasteiger partial charge in [-0.15, -0.1) is 25.6 Å². The van der Waals surface area contributed by atoms with Gasteiger partial charge in [0.2, 0.25) is 0 Å². The van der Waals surface area contributed by atoms with Crippen LogP contribution in [0.4, 0.5) is 13.2 Å². The van der Waals surface area contributed by atoms with Crippen LogP contribution in [0.5, 0.6) is 5.75 Å². The molecule has 1 N–H and O–H groups in total. The maximum absolute atomic E-state index is 12.2. The van der Waals surface area contributed by atoms with E-state index in [4.69, 9.17) is 11.6 Å². The second kappa shape index (κ2) is 7.54. The SMILES string of the molecule is C[C@H](c1ccc(OC(F)(F)F)c(Cl)c1)N1CCNCC1.Cl. The van der Waals surface area contributed by atoms with Gasteiger partial charge >= 0.3 is 6.36 Å². The molecular weight excluding hydrogens is 328 g/mol.